The third-order valence-corrected chi connectivity index (χ3v) is 7.06. The smallest absolute Gasteiger partial charge is 0.508 e. The van der Waals surface area contributed by atoms with Crippen LogP contribution in [0.25, 0.3) is 10.8 Å². The van der Waals surface area contributed by atoms with Gasteiger partial charge < -0.3 is 14.0 Å². The van der Waals surface area contributed by atoms with Crippen molar-refractivity contribution < 1.29 is 40.4 Å². The van der Waals surface area contributed by atoms with Gasteiger partial charge in [0.15, 0.2) is 26.9 Å². The number of carbonyl (C=O) groups is 1. The van der Waals surface area contributed by atoms with Gasteiger partial charge in [-0.15, -0.1) is 0 Å². The van der Waals surface area contributed by atoms with Gasteiger partial charge in [0.25, 0.3) is 0 Å². The molecule has 0 N–H and O–H groups in total. The summed E-state index contributed by atoms with van der Waals surface area (Å²) < 4.78 is 69.4. The maximum absolute atomic E-state index is 11.6. The summed E-state index contributed by atoms with van der Waals surface area (Å²) in [5.74, 6) is 1.98. The minimum atomic E-state index is -6.09. The summed E-state index contributed by atoms with van der Waals surface area (Å²) in [6.07, 6.45) is 0.224. The molecule has 2 aromatic rings. The van der Waals surface area contributed by atoms with Crippen LogP contribution >= 0.6 is 0 Å². The molecule has 0 saturated carbocycles. The van der Waals surface area contributed by atoms with Crippen LogP contribution in [0.15, 0.2) is 47.4 Å². The fraction of sp³-hybridized carbons (Fsp3) is 0.421. The van der Waals surface area contributed by atoms with Crippen molar-refractivity contribution in [3.8, 4) is 0 Å². The number of carbonyl (C=O) groups excluding carboxylic acids is 1. The van der Waals surface area contributed by atoms with Crippen molar-refractivity contribution in [3.63, 3.8) is 0 Å². The molecule has 0 bridgehead atoms. The quantitative estimate of drug-likeness (QED) is 0.291. The fourth-order valence-electron chi connectivity index (χ4n) is 2.76. The molecule has 0 aromatic heterocycles. The molecule has 0 radical (unpaired) electrons. The Hall–Kier alpha value is -1.98. The molecule has 30 heavy (non-hydrogen) atoms. The first kappa shape index (κ1) is 24.3. The first-order chi connectivity index (χ1) is 13.9. The SMILES string of the molecule is CC(C)OC(=O)OC1CC[S+](c2cccc3ccccc23)C1.O=S(=O)([O-])C(F)(F)F. The van der Waals surface area contributed by atoms with E-state index in [-0.39, 0.29) is 23.1 Å². The van der Waals surface area contributed by atoms with Crippen LogP contribution in [0.3, 0.4) is 0 Å². The van der Waals surface area contributed by atoms with Gasteiger partial charge in [0.05, 0.1) is 6.10 Å². The predicted octanol–water partition coefficient (Wildman–Crippen LogP) is 4.20. The highest BCUT2D eigenvalue weighted by Crippen LogP contribution is 2.31. The van der Waals surface area contributed by atoms with Gasteiger partial charge in [-0.1, -0.05) is 30.3 Å². The zero-order valence-corrected chi connectivity index (χ0v) is 17.9. The van der Waals surface area contributed by atoms with Crippen LogP contribution in [0.1, 0.15) is 20.3 Å². The van der Waals surface area contributed by atoms with E-state index in [1.807, 2.05) is 13.8 Å². The molecule has 0 aliphatic carbocycles. The molecule has 11 heteroatoms. The molecular weight excluding hydrogens is 445 g/mol. The van der Waals surface area contributed by atoms with E-state index in [0.29, 0.717) is 0 Å². The van der Waals surface area contributed by atoms with E-state index in [2.05, 4.69) is 42.5 Å². The van der Waals surface area contributed by atoms with Crippen molar-refractivity contribution in [3.05, 3.63) is 42.5 Å². The third-order valence-electron chi connectivity index (χ3n) is 4.01. The minimum absolute atomic E-state index is 0.0199. The Balaban J connectivity index is 0.000000343. The topological polar surface area (TPSA) is 92.7 Å². The highest BCUT2D eigenvalue weighted by molar-refractivity contribution is 7.97. The van der Waals surface area contributed by atoms with E-state index in [9.17, 15) is 18.0 Å². The highest BCUT2D eigenvalue weighted by atomic mass is 32.2. The normalized spacial score (nSPS) is 19.3. The van der Waals surface area contributed by atoms with Crippen molar-refractivity contribution in [1.82, 2.24) is 0 Å². The van der Waals surface area contributed by atoms with E-state index >= 15 is 0 Å². The lowest BCUT2D eigenvalue weighted by Gasteiger charge is -2.11. The van der Waals surface area contributed by atoms with Gasteiger partial charge in [0, 0.05) is 22.7 Å². The zero-order chi connectivity index (χ0) is 22.5. The maximum atomic E-state index is 11.6. The molecule has 2 atom stereocenters. The maximum Gasteiger partial charge on any atom is 0.508 e. The Kier molecular flexibility index (Phi) is 8.00. The van der Waals surface area contributed by atoms with Crippen LogP contribution in [0.5, 0.6) is 0 Å². The van der Waals surface area contributed by atoms with Gasteiger partial charge in [-0.2, -0.15) is 13.2 Å². The van der Waals surface area contributed by atoms with Crippen LogP contribution < -0.4 is 0 Å². The summed E-state index contributed by atoms with van der Waals surface area (Å²) in [4.78, 5) is 13.0. The standard InChI is InChI=1S/C18H21O3S.CHF3O3S/c1-13(2)20-18(19)21-15-10-11-22(12-15)17-9-5-7-14-6-3-4-8-16(14)17;2-1(3,4)8(5,6)7/h3-9,13,15H,10-12H2,1-2H3;(H,5,6,7)/q+1;/p-1. The van der Waals surface area contributed by atoms with E-state index in [1.54, 1.807) is 0 Å². The number of hydrogen-bond acceptors (Lipinski definition) is 6. The third kappa shape index (κ3) is 6.78. The van der Waals surface area contributed by atoms with Crippen LogP contribution in [0, 0.1) is 0 Å². The van der Waals surface area contributed by atoms with Crippen molar-refractivity contribution in [2.75, 3.05) is 11.5 Å². The number of hydrogen-bond donors (Lipinski definition) is 0. The summed E-state index contributed by atoms with van der Waals surface area (Å²) >= 11 is 0. The van der Waals surface area contributed by atoms with Crippen LogP contribution in [0.4, 0.5) is 18.0 Å². The lowest BCUT2D eigenvalue weighted by molar-refractivity contribution is -0.0517. The Labute approximate surface area is 175 Å². The first-order valence-electron chi connectivity index (χ1n) is 8.93. The number of fused-ring (bicyclic) bond motifs is 1. The van der Waals surface area contributed by atoms with Crippen LogP contribution in [0.2, 0.25) is 0 Å². The van der Waals surface area contributed by atoms with Crippen molar-refractivity contribution >= 4 is 37.9 Å². The average molecular weight is 466 g/mol. The van der Waals surface area contributed by atoms with E-state index < -0.39 is 21.8 Å². The Morgan fingerprint density at radius 3 is 2.37 bits per heavy atom. The van der Waals surface area contributed by atoms with Crippen LogP contribution in [-0.2, 0) is 30.5 Å². The predicted molar refractivity (Wildman–Crippen MR) is 106 cm³/mol. The number of alkyl halides is 3. The van der Waals surface area contributed by atoms with Crippen molar-refractivity contribution in [2.45, 2.75) is 42.9 Å². The summed E-state index contributed by atoms with van der Waals surface area (Å²) in [5.41, 5.74) is -5.65. The Morgan fingerprint density at radius 2 is 1.77 bits per heavy atom. The van der Waals surface area contributed by atoms with E-state index in [4.69, 9.17) is 22.4 Å². The molecule has 0 spiro atoms. The summed E-state index contributed by atoms with van der Waals surface area (Å²) in [5, 5.41) is 2.59. The second-order valence-electron chi connectivity index (χ2n) is 6.69. The Bertz CT molecular complexity index is 970. The largest absolute Gasteiger partial charge is 0.741 e. The summed E-state index contributed by atoms with van der Waals surface area (Å²) in [6.45, 7) is 3.66. The van der Waals surface area contributed by atoms with Gasteiger partial charge in [-0.25, -0.2) is 13.2 Å². The second-order valence-corrected chi connectivity index (χ2v) is 10.2. The molecule has 1 fully saturated rings. The number of rotatable bonds is 3. The summed E-state index contributed by atoms with van der Waals surface area (Å²) in [7, 11) is -5.95. The molecule has 3 rings (SSSR count). The van der Waals surface area contributed by atoms with E-state index in [1.165, 1.54) is 15.7 Å². The molecule has 0 amide bonds. The van der Waals surface area contributed by atoms with E-state index in [0.717, 1.165) is 17.9 Å². The number of benzene rings is 2. The molecule has 1 heterocycles. The molecule has 166 valence electrons. The van der Waals surface area contributed by atoms with Gasteiger partial charge in [0.2, 0.25) is 0 Å². The molecule has 2 unspecified atom stereocenters. The average Bonchev–Trinajstić information content (AvgIpc) is 3.07. The van der Waals surface area contributed by atoms with Crippen LogP contribution in [-0.4, -0.2) is 48.3 Å². The molecular formula is C19H21F3O6S2. The van der Waals surface area contributed by atoms with Gasteiger partial charge in [0.1, 0.15) is 5.75 Å². The molecule has 1 aliphatic heterocycles. The number of ether oxygens (including phenoxy) is 2. The van der Waals surface area contributed by atoms with Gasteiger partial charge in [-0.05, 0) is 31.4 Å². The van der Waals surface area contributed by atoms with Gasteiger partial charge in [-0.3, -0.25) is 0 Å². The molecule has 6 nitrogen and oxygen atoms in total. The van der Waals surface area contributed by atoms with Crippen molar-refractivity contribution in [1.29, 1.82) is 0 Å². The zero-order valence-electron chi connectivity index (χ0n) is 16.2. The lowest BCUT2D eigenvalue weighted by atomic mass is 10.1. The minimum Gasteiger partial charge on any atom is -0.741 e. The monoisotopic (exact) mass is 466 g/mol. The lowest BCUT2D eigenvalue weighted by Crippen LogP contribution is -2.22. The number of halogens is 3. The molecule has 1 aliphatic rings. The molecule has 2 aromatic carbocycles. The molecule has 1 saturated heterocycles. The van der Waals surface area contributed by atoms with Crippen molar-refractivity contribution in [2.24, 2.45) is 0 Å². The first-order valence-corrected chi connectivity index (χ1v) is 11.9. The fourth-order valence-corrected chi connectivity index (χ4v) is 5.33. The summed E-state index contributed by atoms with van der Waals surface area (Å²) in [6, 6.07) is 14.9. The Morgan fingerprint density at radius 1 is 1.17 bits per heavy atom. The van der Waals surface area contributed by atoms with Gasteiger partial charge >= 0.3 is 11.7 Å². The highest BCUT2D eigenvalue weighted by Gasteiger charge is 2.38. The second kappa shape index (κ2) is 9.88.